The van der Waals surface area contributed by atoms with Crippen LogP contribution in [-0.2, 0) is 27.2 Å². The Balaban J connectivity index is 0.00000235. The summed E-state index contributed by atoms with van der Waals surface area (Å²) in [4.78, 5) is 40.0. The molecule has 2 aliphatic rings. The first kappa shape index (κ1) is 30.6. The SMILES string of the molecule is CC.CC(C)(C)OC(=O)NCCCC(NC(=O)CN1CCCNCC1)C(=O)NC1Cc2ccccc2C1. The molecular weight excluding hydrogens is 470 g/mol. The molecule has 0 bridgehead atoms. The Morgan fingerprint density at radius 2 is 1.76 bits per heavy atom. The second kappa shape index (κ2) is 15.6. The highest BCUT2D eigenvalue weighted by molar-refractivity contribution is 5.88. The number of carbonyl (C=O) groups is 3. The fourth-order valence-electron chi connectivity index (χ4n) is 4.55. The number of amides is 3. The number of hydrogen-bond donors (Lipinski definition) is 4. The van der Waals surface area contributed by atoms with Gasteiger partial charge in [-0.25, -0.2) is 4.79 Å². The molecule has 0 saturated carbocycles. The first-order chi connectivity index (χ1) is 17.7. The summed E-state index contributed by atoms with van der Waals surface area (Å²) in [6, 6.07) is 7.59. The van der Waals surface area contributed by atoms with E-state index in [4.69, 9.17) is 4.74 Å². The molecule has 1 aromatic carbocycles. The van der Waals surface area contributed by atoms with Crippen LogP contribution in [0.5, 0.6) is 0 Å². The van der Waals surface area contributed by atoms with Crippen molar-refractivity contribution in [3.05, 3.63) is 35.4 Å². The number of ether oxygens (including phenoxy) is 1. The van der Waals surface area contributed by atoms with E-state index < -0.39 is 17.7 Å². The summed E-state index contributed by atoms with van der Waals surface area (Å²) in [5.74, 6) is -0.326. The van der Waals surface area contributed by atoms with Crippen molar-refractivity contribution in [1.29, 1.82) is 0 Å². The molecule has 0 spiro atoms. The molecule has 3 rings (SSSR count). The predicted molar refractivity (Wildman–Crippen MR) is 146 cm³/mol. The van der Waals surface area contributed by atoms with Gasteiger partial charge < -0.3 is 26.0 Å². The van der Waals surface area contributed by atoms with E-state index in [0.29, 0.717) is 19.4 Å². The molecule has 1 unspecified atom stereocenters. The monoisotopic (exact) mass is 517 g/mol. The Kier molecular flexibility index (Phi) is 12.9. The van der Waals surface area contributed by atoms with Crippen molar-refractivity contribution in [3.63, 3.8) is 0 Å². The van der Waals surface area contributed by atoms with E-state index in [1.807, 2.05) is 46.8 Å². The molecule has 1 aliphatic carbocycles. The van der Waals surface area contributed by atoms with Gasteiger partial charge in [-0.15, -0.1) is 0 Å². The predicted octanol–water partition coefficient (Wildman–Crippen LogP) is 2.38. The molecule has 208 valence electrons. The average Bonchev–Trinajstić information content (AvgIpc) is 3.07. The fourth-order valence-corrected chi connectivity index (χ4v) is 4.55. The number of alkyl carbamates (subject to hydrolysis) is 1. The van der Waals surface area contributed by atoms with E-state index in [-0.39, 0.29) is 24.4 Å². The van der Waals surface area contributed by atoms with Crippen LogP contribution >= 0.6 is 0 Å². The van der Waals surface area contributed by atoms with Crippen molar-refractivity contribution in [2.45, 2.75) is 84.4 Å². The molecule has 1 fully saturated rings. The molecule has 1 saturated heterocycles. The summed E-state index contributed by atoms with van der Waals surface area (Å²) >= 11 is 0. The maximum Gasteiger partial charge on any atom is 0.407 e. The third-order valence-electron chi connectivity index (χ3n) is 6.19. The van der Waals surface area contributed by atoms with Crippen molar-refractivity contribution in [3.8, 4) is 0 Å². The Morgan fingerprint density at radius 1 is 1.08 bits per heavy atom. The molecule has 9 nitrogen and oxygen atoms in total. The van der Waals surface area contributed by atoms with Gasteiger partial charge in [-0.3, -0.25) is 14.5 Å². The molecule has 1 atom stereocenters. The van der Waals surface area contributed by atoms with Gasteiger partial charge in [0.25, 0.3) is 0 Å². The Bertz CT molecular complexity index is 837. The zero-order chi connectivity index (χ0) is 27.3. The highest BCUT2D eigenvalue weighted by atomic mass is 16.6. The number of rotatable bonds is 9. The van der Waals surface area contributed by atoms with Crippen molar-refractivity contribution in [1.82, 2.24) is 26.2 Å². The summed E-state index contributed by atoms with van der Waals surface area (Å²) in [6.45, 7) is 13.5. The standard InChI is InChI=1S/C26H41N5O4.C2H6/c1-26(2,3)35-25(34)28-12-6-10-22(30-23(32)18-31-14-7-11-27-13-15-31)24(33)29-21-16-19-8-4-5-9-20(19)17-21;1-2/h4-5,8-9,21-22,27H,6-7,10-18H2,1-3H3,(H,28,34)(H,29,33)(H,30,32);1-2H3. The second-order valence-corrected chi connectivity index (χ2v) is 10.5. The molecule has 0 radical (unpaired) electrons. The summed E-state index contributed by atoms with van der Waals surface area (Å²) < 4.78 is 5.26. The summed E-state index contributed by atoms with van der Waals surface area (Å²) in [5, 5.41) is 12.1. The van der Waals surface area contributed by atoms with E-state index in [0.717, 1.165) is 45.4 Å². The molecule has 1 heterocycles. The topological polar surface area (TPSA) is 112 Å². The lowest BCUT2D eigenvalue weighted by Crippen LogP contribution is -2.52. The lowest BCUT2D eigenvalue weighted by molar-refractivity contribution is -0.130. The molecule has 1 aliphatic heterocycles. The molecule has 9 heteroatoms. The molecule has 37 heavy (non-hydrogen) atoms. The molecule has 1 aromatic rings. The van der Waals surface area contributed by atoms with E-state index in [1.165, 1.54) is 11.1 Å². The average molecular weight is 518 g/mol. The van der Waals surface area contributed by atoms with Crippen LogP contribution in [0.25, 0.3) is 0 Å². The van der Waals surface area contributed by atoms with Crippen LogP contribution in [0.2, 0.25) is 0 Å². The minimum atomic E-state index is -0.656. The van der Waals surface area contributed by atoms with Crippen LogP contribution in [0.15, 0.2) is 24.3 Å². The maximum absolute atomic E-state index is 13.2. The van der Waals surface area contributed by atoms with Gasteiger partial charge in [0.15, 0.2) is 0 Å². The second-order valence-electron chi connectivity index (χ2n) is 10.5. The molecule has 3 amide bonds. The van der Waals surface area contributed by atoms with Gasteiger partial charge in [-0.1, -0.05) is 38.1 Å². The molecular formula is C28H47N5O4. The van der Waals surface area contributed by atoms with Gasteiger partial charge in [0.1, 0.15) is 11.6 Å². The number of fused-ring (bicyclic) bond motifs is 1. The lowest BCUT2D eigenvalue weighted by Gasteiger charge is -2.24. The molecule has 4 N–H and O–H groups in total. The van der Waals surface area contributed by atoms with Crippen molar-refractivity contribution in [2.75, 3.05) is 39.3 Å². The third-order valence-corrected chi connectivity index (χ3v) is 6.19. The van der Waals surface area contributed by atoms with Crippen LogP contribution < -0.4 is 21.3 Å². The Morgan fingerprint density at radius 3 is 2.41 bits per heavy atom. The Hall–Kier alpha value is -2.65. The minimum absolute atomic E-state index is 0.0240. The zero-order valence-electron chi connectivity index (χ0n) is 23.3. The van der Waals surface area contributed by atoms with Crippen LogP contribution in [-0.4, -0.2) is 79.8 Å². The van der Waals surface area contributed by atoms with Gasteiger partial charge in [-0.2, -0.15) is 0 Å². The normalized spacial score (nSPS) is 16.9. The van der Waals surface area contributed by atoms with E-state index in [9.17, 15) is 14.4 Å². The van der Waals surface area contributed by atoms with Gasteiger partial charge in [0.05, 0.1) is 6.54 Å². The van der Waals surface area contributed by atoms with Gasteiger partial charge in [-0.05, 0) is 77.1 Å². The first-order valence-corrected chi connectivity index (χ1v) is 13.8. The highest BCUT2D eigenvalue weighted by Gasteiger charge is 2.27. The molecule has 0 aromatic heterocycles. The zero-order valence-corrected chi connectivity index (χ0v) is 23.3. The number of nitrogens with one attached hydrogen (secondary N) is 4. The smallest absolute Gasteiger partial charge is 0.407 e. The summed E-state index contributed by atoms with van der Waals surface area (Å²) in [5.41, 5.74) is 1.95. The number of benzene rings is 1. The highest BCUT2D eigenvalue weighted by Crippen LogP contribution is 2.21. The van der Waals surface area contributed by atoms with Gasteiger partial charge in [0.2, 0.25) is 11.8 Å². The summed E-state index contributed by atoms with van der Waals surface area (Å²) in [6.07, 6.45) is 3.06. The van der Waals surface area contributed by atoms with Gasteiger partial charge in [0, 0.05) is 25.7 Å². The number of carbonyl (C=O) groups excluding carboxylic acids is 3. The first-order valence-electron chi connectivity index (χ1n) is 13.8. The Labute approximate surface area is 222 Å². The van der Waals surface area contributed by atoms with Gasteiger partial charge >= 0.3 is 6.09 Å². The van der Waals surface area contributed by atoms with Crippen LogP contribution in [0.4, 0.5) is 4.79 Å². The lowest BCUT2D eigenvalue weighted by atomic mass is 10.1. The largest absolute Gasteiger partial charge is 0.444 e. The minimum Gasteiger partial charge on any atom is -0.444 e. The van der Waals surface area contributed by atoms with E-state index >= 15 is 0 Å². The van der Waals surface area contributed by atoms with Crippen LogP contribution in [0.1, 0.15) is 65.0 Å². The number of nitrogens with zero attached hydrogens (tertiary/aromatic N) is 1. The fraction of sp³-hybridized carbons (Fsp3) is 0.679. The number of hydrogen-bond acceptors (Lipinski definition) is 6. The summed E-state index contributed by atoms with van der Waals surface area (Å²) in [7, 11) is 0. The van der Waals surface area contributed by atoms with Crippen molar-refractivity contribution < 1.29 is 19.1 Å². The van der Waals surface area contributed by atoms with Crippen LogP contribution in [0.3, 0.4) is 0 Å². The van der Waals surface area contributed by atoms with E-state index in [2.05, 4.69) is 38.3 Å². The van der Waals surface area contributed by atoms with E-state index in [1.54, 1.807) is 0 Å². The third kappa shape index (κ3) is 11.5. The van der Waals surface area contributed by atoms with Crippen molar-refractivity contribution in [2.24, 2.45) is 0 Å². The van der Waals surface area contributed by atoms with Crippen LogP contribution in [0, 0.1) is 0 Å². The maximum atomic E-state index is 13.2. The van der Waals surface area contributed by atoms with Crippen molar-refractivity contribution >= 4 is 17.9 Å². The quantitative estimate of drug-likeness (QED) is 0.374.